The number of nitrogens with one attached hydrogen (secondary N) is 1. The maximum Gasteiger partial charge on any atom is 0.306 e. The summed E-state index contributed by atoms with van der Waals surface area (Å²) in [5, 5.41) is 2.45. The van der Waals surface area contributed by atoms with Crippen molar-refractivity contribution in [1.29, 1.82) is 0 Å². The second-order valence-corrected chi connectivity index (χ2v) is 7.67. The van der Waals surface area contributed by atoms with E-state index in [-0.39, 0.29) is 30.6 Å². The number of ether oxygens (including phenoxy) is 1. The molecule has 1 fully saturated rings. The van der Waals surface area contributed by atoms with Crippen LogP contribution in [0.15, 0.2) is 0 Å². The monoisotopic (exact) mass is 340 g/mol. The molecule has 0 saturated carbocycles. The normalized spacial score (nSPS) is 21.0. The van der Waals surface area contributed by atoms with Gasteiger partial charge >= 0.3 is 5.97 Å². The van der Waals surface area contributed by atoms with Crippen LogP contribution in [0.2, 0.25) is 0 Å². The Kier molecular flexibility index (Phi) is 7.08. The van der Waals surface area contributed by atoms with Gasteiger partial charge in [-0.1, -0.05) is 20.8 Å². The zero-order chi connectivity index (χ0) is 18.5. The molecule has 0 aromatic heterocycles. The Morgan fingerprint density at radius 1 is 1.33 bits per heavy atom. The van der Waals surface area contributed by atoms with E-state index in [1.807, 2.05) is 20.8 Å². The molecular formula is C17H28N2O5. The zero-order valence-corrected chi connectivity index (χ0v) is 14.9. The molecule has 136 valence electrons. The molecule has 3 atom stereocenters. The molecule has 7 heteroatoms. The van der Waals surface area contributed by atoms with E-state index in [4.69, 9.17) is 10.5 Å². The smallest absolute Gasteiger partial charge is 0.306 e. The van der Waals surface area contributed by atoms with Gasteiger partial charge in [0.1, 0.15) is 5.78 Å². The van der Waals surface area contributed by atoms with Crippen LogP contribution in [0, 0.1) is 17.3 Å². The van der Waals surface area contributed by atoms with E-state index in [9.17, 15) is 19.2 Å². The van der Waals surface area contributed by atoms with Crippen molar-refractivity contribution in [3.8, 4) is 0 Å². The third-order valence-corrected chi connectivity index (χ3v) is 3.92. The van der Waals surface area contributed by atoms with Crippen molar-refractivity contribution in [2.75, 3.05) is 13.2 Å². The molecule has 0 aromatic rings. The Morgan fingerprint density at radius 3 is 2.50 bits per heavy atom. The minimum Gasteiger partial charge on any atom is -0.465 e. The maximum absolute atomic E-state index is 12.5. The predicted octanol–water partition coefficient (Wildman–Crippen LogP) is 0.594. The number of amides is 1. The maximum atomic E-state index is 12.5. The van der Waals surface area contributed by atoms with Gasteiger partial charge in [0.25, 0.3) is 5.91 Å². The van der Waals surface area contributed by atoms with E-state index in [2.05, 4.69) is 5.32 Å². The second-order valence-electron chi connectivity index (χ2n) is 7.67. The van der Waals surface area contributed by atoms with Gasteiger partial charge in [0.2, 0.25) is 5.78 Å². The number of hydrogen-bond donors (Lipinski definition) is 2. The van der Waals surface area contributed by atoms with E-state index in [0.717, 1.165) is 0 Å². The highest BCUT2D eigenvalue weighted by Gasteiger charge is 2.34. The van der Waals surface area contributed by atoms with Crippen molar-refractivity contribution < 1.29 is 23.9 Å². The highest BCUT2D eigenvalue weighted by molar-refractivity contribution is 6.37. The van der Waals surface area contributed by atoms with E-state index in [1.54, 1.807) is 6.92 Å². The van der Waals surface area contributed by atoms with Crippen LogP contribution in [0.25, 0.3) is 0 Å². The van der Waals surface area contributed by atoms with Crippen LogP contribution in [0.4, 0.5) is 0 Å². The highest BCUT2D eigenvalue weighted by atomic mass is 16.5. The summed E-state index contributed by atoms with van der Waals surface area (Å²) in [4.78, 5) is 47.6. The van der Waals surface area contributed by atoms with Crippen molar-refractivity contribution in [3.05, 3.63) is 0 Å². The molecule has 1 heterocycles. The number of rotatable bonds is 7. The lowest BCUT2D eigenvalue weighted by Crippen LogP contribution is -2.44. The van der Waals surface area contributed by atoms with Crippen LogP contribution in [0.5, 0.6) is 0 Å². The fourth-order valence-corrected chi connectivity index (χ4v) is 2.48. The Morgan fingerprint density at radius 2 is 1.96 bits per heavy atom. The van der Waals surface area contributed by atoms with Gasteiger partial charge < -0.3 is 15.8 Å². The van der Waals surface area contributed by atoms with Gasteiger partial charge in [-0.2, -0.15) is 0 Å². The lowest BCUT2D eigenvalue weighted by Gasteiger charge is -2.24. The molecule has 0 aliphatic carbocycles. The summed E-state index contributed by atoms with van der Waals surface area (Å²) in [6.07, 6.45) is 0.251. The Balaban J connectivity index is 2.63. The standard InChI is InChI=1S/C17H28N2O5/c1-10(18)12(8-14(21)24-9-17(2,3)4)13(20)7-11-5-6-19-16(23)15(11)22/h10-12H,5-9,18H2,1-4H3,(H,19,23). The summed E-state index contributed by atoms with van der Waals surface area (Å²) in [5.74, 6) is -3.32. The van der Waals surface area contributed by atoms with Gasteiger partial charge in [-0.3, -0.25) is 19.2 Å². The quantitative estimate of drug-likeness (QED) is 0.518. The molecule has 0 radical (unpaired) electrons. The summed E-state index contributed by atoms with van der Waals surface area (Å²) in [6, 6.07) is -0.535. The third-order valence-electron chi connectivity index (χ3n) is 3.92. The van der Waals surface area contributed by atoms with Gasteiger partial charge in [-0.15, -0.1) is 0 Å². The highest BCUT2D eigenvalue weighted by Crippen LogP contribution is 2.21. The predicted molar refractivity (Wildman–Crippen MR) is 87.9 cm³/mol. The number of Topliss-reactive ketones (excluding diaryl/α,β-unsaturated/α-hetero) is 2. The van der Waals surface area contributed by atoms with Crippen molar-refractivity contribution in [2.24, 2.45) is 23.0 Å². The fraction of sp³-hybridized carbons (Fsp3) is 0.765. The SMILES string of the molecule is CC(N)C(CC(=O)OCC(C)(C)C)C(=O)CC1CCNC(=O)C1=O. The number of carbonyl (C=O) groups excluding carboxylic acids is 4. The minimum atomic E-state index is -0.713. The van der Waals surface area contributed by atoms with Crippen molar-refractivity contribution >= 4 is 23.4 Å². The van der Waals surface area contributed by atoms with E-state index >= 15 is 0 Å². The van der Waals surface area contributed by atoms with Gasteiger partial charge in [-0.05, 0) is 18.8 Å². The van der Waals surface area contributed by atoms with Gasteiger partial charge in [0.05, 0.1) is 13.0 Å². The van der Waals surface area contributed by atoms with Crippen LogP contribution in [-0.2, 0) is 23.9 Å². The first kappa shape index (κ1) is 20.3. The first-order valence-electron chi connectivity index (χ1n) is 8.27. The Bertz CT molecular complexity index is 508. The molecule has 24 heavy (non-hydrogen) atoms. The van der Waals surface area contributed by atoms with Crippen LogP contribution >= 0.6 is 0 Å². The topological polar surface area (TPSA) is 116 Å². The number of carbonyl (C=O) groups is 4. The molecule has 1 amide bonds. The average Bonchev–Trinajstić information content (AvgIpc) is 2.46. The van der Waals surface area contributed by atoms with Gasteiger partial charge in [0.15, 0.2) is 0 Å². The molecule has 7 nitrogen and oxygen atoms in total. The molecule has 0 spiro atoms. The molecule has 1 saturated heterocycles. The van der Waals surface area contributed by atoms with Gasteiger partial charge in [-0.25, -0.2) is 0 Å². The fourth-order valence-electron chi connectivity index (χ4n) is 2.48. The summed E-state index contributed by atoms with van der Waals surface area (Å²) in [5.41, 5.74) is 5.68. The summed E-state index contributed by atoms with van der Waals surface area (Å²) in [7, 11) is 0. The second kappa shape index (κ2) is 8.37. The number of nitrogens with two attached hydrogens (primary N) is 1. The van der Waals surface area contributed by atoms with Crippen molar-refractivity contribution in [1.82, 2.24) is 5.32 Å². The van der Waals surface area contributed by atoms with Crippen LogP contribution < -0.4 is 11.1 Å². The Hall–Kier alpha value is -1.76. The van der Waals surface area contributed by atoms with Crippen molar-refractivity contribution in [2.45, 2.75) is 53.0 Å². The molecule has 0 aromatic carbocycles. The first-order valence-corrected chi connectivity index (χ1v) is 8.27. The third kappa shape index (κ3) is 6.39. The number of piperidine rings is 1. The average molecular weight is 340 g/mol. The molecule has 0 bridgehead atoms. The first-order chi connectivity index (χ1) is 11.0. The van der Waals surface area contributed by atoms with E-state index in [1.165, 1.54) is 0 Å². The molecule has 1 rings (SSSR count). The lowest BCUT2D eigenvalue weighted by atomic mass is 9.84. The van der Waals surface area contributed by atoms with E-state index < -0.39 is 35.5 Å². The molecular weight excluding hydrogens is 312 g/mol. The van der Waals surface area contributed by atoms with E-state index in [0.29, 0.717) is 13.0 Å². The molecule has 3 N–H and O–H groups in total. The summed E-state index contributed by atoms with van der Waals surface area (Å²) >= 11 is 0. The van der Waals surface area contributed by atoms with Gasteiger partial charge in [0, 0.05) is 30.8 Å². The van der Waals surface area contributed by atoms with Crippen molar-refractivity contribution in [3.63, 3.8) is 0 Å². The number of hydrogen-bond acceptors (Lipinski definition) is 6. The Labute approximate surface area is 142 Å². The molecule has 1 aliphatic rings. The molecule has 1 aliphatic heterocycles. The number of esters is 1. The number of ketones is 2. The van der Waals surface area contributed by atoms with Crippen LogP contribution in [0.3, 0.4) is 0 Å². The lowest BCUT2D eigenvalue weighted by molar-refractivity contribution is -0.150. The summed E-state index contributed by atoms with van der Waals surface area (Å²) in [6.45, 7) is 8.09. The largest absolute Gasteiger partial charge is 0.465 e. The summed E-state index contributed by atoms with van der Waals surface area (Å²) < 4.78 is 5.19. The van der Waals surface area contributed by atoms with Crippen LogP contribution in [-0.4, -0.2) is 42.6 Å². The minimum absolute atomic E-state index is 0.0645. The zero-order valence-electron chi connectivity index (χ0n) is 14.9. The van der Waals surface area contributed by atoms with Crippen LogP contribution in [0.1, 0.15) is 47.0 Å². The molecule has 3 unspecified atom stereocenters.